The van der Waals surface area contributed by atoms with Crippen LogP contribution in [-0.2, 0) is 28.6 Å². The Kier molecular flexibility index (Phi) is 60.3. The van der Waals surface area contributed by atoms with Crippen LogP contribution in [0.1, 0.15) is 297 Å². The maximum absolute atomic E-state index is 12.9. The Balaban J connectivity index is 4.39. The molecule has 434 valence electrons. The maximum atomic E-state index is 12.9. The molecule has 0 bridgehead atoms. The minimum absolute atomic E-state index is 0.0861. The summed E-state index contributed by atoms with van der Waals surface area (Å²) in [7, 11) is 0. The molecule has 0 aliphatic heterocycles. The largest absolute Gasteiger partial charge is 0.462 e. The van der Waals surface area contributed by atoms with E-state index in [0.29, 0.717) is 19.3 Å². The molecule has 76 heavy (non-hydrogen) atoms. The van der Waals surface area contributed by atoms with Gasteiger partial charge in [-0.3, -0.25) is 14.4 Å². The van der Waals surface area contributed by atoms with Crippen LogP contribution in [0.5, 0.6) is 0 Å². The second-order valence-corrected chi connectivity index (χ2v) is 20.9. The van der Waals surface area contributed by atoms with Crippen LogP contribution in [-0.4, -0.2) is 37.2 Å². The van der Waals surface area contributed by atoms with Gasteiger partial charge in [0.05, 0.1) is 0 Å². The highest BCUT2D eigenvalue weighted by Gasteiger charge is 2.19. The first kappa shape index (κ1) is 72.1. The van der Waals surface area contributed by atoms with Crippen LogP contribution in [0, 0.1) is 0 Å². The van der Waals surface area contributed by atoms with Crippen molar-refractivity contribution in [2.75, 3.05) is 13.2 Å². The molecule has 0 aromatic heterocycles. The van der Waals surface area contributed by atoms with Gasteiger partial charge in [0, 0.05) is 19.3 Å². The van der Waals surface area contributed by atoms with Gasteiger partial charge in [-0.15, -0.1) is 0 Å². The number of hydrogen-bond acceptors (Lipinski definition) is 6. The highest BCUT2D eigenvalue weighted by molar-refractivity contribution is 5.71. The number of rotatable bonds is 57. The summed E-state index contributed by atoms with van der Waals surface area (Å²) < 4.78 is 16.9. The minimum Gasteiger partial charge on any atom is -0.462 e. The van der Waals surface area contributed by atoms with Gasteiger partial charge in [-0.1, -0.05) is 278 Å². The van der Waals surface area contributed by atoms with Gasteiger partial charge in [0.25, 0.3) is 0 Å². The van der Waals surface area contributed by atoms with Crippen molar-refractivity contribution in [1.29, 1.82) is 0 Å². The molecule has 0 radical (unpaired) electrons. The fourth-order valence-electron chi connectivity index (χ4n) is 8.75. The van der Waals surface area contributed by atoms with Gasteiger partial charge in [-0.25, -0.2) is 0 Å². The van der Waals surface area contributed by atoms with E-state index in [1.165, 1.54) is 122 Å². The Morgan fingerprint density at radius 3 is 0.829 bits per heavy atom. The van der Waals surface area contributed by atoms with Gasteiger partial charge in [-0.05, 0) is 109 Å². The molecule has 0 saturated carbocycles. The number of carbonyl (C=O) groups excluding carboxylic acids is 3. The zero-order valence-electron chi connectivity index (χ0n) is 49.7. The van der Waals surface area contributed by atoms with E-state index >= 15 is 0 Å². The second kappa shape index (κ2) is 63.6. The molecule has 0 heterocycles. The Hall–Kier alpha value is -3.93. The van der Waals surface area contributed by atoms with Crippen LogP contribution in [0.15, 0.2) is 109 Å². The lowest BCUT2D eigenvalue weighted by molar-refractivity contribution is -0.167. The summed E-state index contributed by atoms with van der Waals surface area (Å²) in [6.45, 7) is 6.50. The maximum Gasteiger partial charge on any atom is 0.306 e. The number of ether oxygens (including phenoxy) is 3. The molecule has 0 aliphatic carbocycles. The molecule has 6 nitrogen and oxygen atoms in total. The molecule has 0 spiro atoms. The van der Waals surface area contributed by atoms with E-state index in [1.54, 1.807) is 0 Å². The van der Waals surface area contributed by atoms with E-state index in [9.17, 15) is 14.4 Å². The third-order valence-corrected chi connectivity index (χ3v) is 13.5. The van der Waals surface area contributed by atoms with Crippen LogP contribution in [0.2, 0.25) is 0 Å². The van der Waals surface area contributed by atoms with E-state index in [2.05, 4.69) is 130 Å². The lowest BCUT2D eigenvalue weighted by Crippen LogP contribution is -2.30. The van der Waals surface area contributed by atoms with E-state index in [0.717, 1.165) is 135 Å². The van der Waals surface area contributed by atoms with Crippen molar-refractivity contribution in [3.8, 4) is 0 Å². The molecular formula is C70H118O6. The number of unbranched alkanes of at least 4 members (excludes halogenated alkanes) is 28. The molecule has 0 aliphatic rings. The van der Waals surface area contributed by atoms with Crippen molar-refractivity contribution in [1.82, 2.24) is 0 Å². The van der Waals surface area contributed by atoms with Crippen LogP contribution >= 0.6 is 0 Å². The molecule has 1 unspecified atom stereocenters. The molecule has 0 N–H and O–H groups in total. The molecule has 0 aromatic carbocycles. The SMILES string of the molecule is CC/C=C\C/C=C\C/C=C\C/C=C\C/C=C\C/C=C\C/C=C\CCCCCCCC(=O)OCC(COC(=O)CCCCCCCCCCCCCCCC)OC(=O)CCCCCCCCC/C=C\C/C=C\CCCCC. The topological polar surface area (TPSA) is 78.9 Å². The standard InChI is InChI=1S/C70H118O6/c1-4-7-10-13-16-19-22-25-28-30-31-32-33-34-35-36-37-38-39-41-42-45-48-51-54-57-60-63-69(72)75-66-67(65-74-68(71)62-59-56-53-50-47-44-27-24-21-18-15-12-9-6-3)76-70(73)64-61-58-55-52-49-46-43-40-29-26-23-20-17-14-11-8-5-2/h7,10,16-17,19-20,25-26,28-29,31-32,34-35,37-38,41-42,67H,4-6,8-9,11-15,18,21-24,27,30,33,36,39-40,43-66H2,1-3H3/b10-7-,19-16-,20-17-,28-25-,29-26-,32-31-,35-34-,38-37-,42-41-. The Bertz CT molecular complexity index is 1540. The van der Waals surface area contributed by atoms with Crippen LogP contribution in [0.25, 0.3) is 0 Å². The molecule has 0 saturated heterocycles. The van der Waals surface area contributed by atoms with Crippen molar-refractivity contribution in [2.24, 2.45) is 0 Å². The molecule has 6 heteroatoms. The number of hydrogen-bond donors (Lipinski definition) is 0. The van der Waals surface area contributed by atoms with E-state index in [-0.39, 0.29) is 31.1 Å². The average Bonchev–Trinajstić information content (AvgIpc) is 3.42. The van der Waals surface area contributed by atoms with Gasteiger partial charge in [0.1, 0.15) is 13.2 Å². The highest BCUT2D eigenvalue weighted by Crippen LogP contribution is 2.16. The van der Waals surface area contributed by atoms with Gasteiger partial charge < -0.3 is 14.2 Å². The minimum atomic E-state index is -0.792. The van der Waals surface area contributed by atoms with Crippen molar-refractivity contribution < 1.29 is 28.6 Å². The Morgan fingerprint density at radius 2 is 0.513 bits per heavy atom. The van der Waals surface area contributed by atoms with Crippen LogP contribution in [0.3, 0.4) is 0 Å². The molecule has 1 atom stereocenters. The van der Waals surface area contributed by atoms with Crippen molar-refractivity contribution in [3.63, 3.8) is 0 Å². The molecule has 0 fully saturated rings. The zero-order chi connectivity index (χ0) is 55.0. The Labute approximate surface area is 470 Å². The summed E-state index contributed by atoms with van der Waals surface area (Å²) in [4.78, 5) is 38.3. The lowest BCUT2D eigenvalue weighted by atomic mass is 10.0. The summed E-state index contributed by atoms with van der Waals surface area (Å²) in [5.74, 6) is -0.906. The van der Waals surface area contributed by atoms with E-state index in [4.69, 9.17) is 14.2 Å². The molecule has 0 rings (SSSR count). The highest BCUT2D eigenvalue weighted by atomic mass is 16.6. The Morgan fingerprint density at radius 1 is 0.276 bits per heavy atom. The van der Waals surface area contributed by atoms with Gasteiger partial charge in [0.2, 0.25) is 0 Å². The van der Waals surface area contributed by atoms with Crippen LogP contribution in [0.4, 0.5) is 0 Å². The summed E-state index contributed by atoms with van der Waals surface area (Å²) in [6.07, 6.45) is 86.5. The first-order chi connectivity index (χ1) is 37.5. The third kappa shape index (κ3) is 60.9. The fraction of sp³-hybridized carbons (Fsp3) is 0.700. The molecule has 0 aromatic rings. The molecular weight excluding hydrogens is 937 g/mol. The fourth-order valence-corrected chi connectivity index (χ4v) is 8.75. The smallest absolute Gasteiger partial charge is 0.306 e. The quantitative estimate of drug-likeness (QED) is 0.0261. The lowest BCUT2D eigenvalue weighted by Gasteiger charge is -2.18. The third-order valence-electron chi connectivity index (χ3n) is 13.5. The average molecular weight is 1060 g/mol. The summed E-state index contributed by atoms with van der Waals surface area (Å²) >= 11 is 0. The number of esters is 3. The van der Waals surface area contributed by atoms with E-state index < -0.39 is 6.10 Å². The van der Waals surface area contributed by atoms with Crippen molar-refractivity contribution >= 4 is 17.9 Å². The first-order valence-corrected chi connectivity index (χ1v) is 31.9. The predicted octanol–water partition coefficient (Wildman–Crippen LogP) is 21.8. The summed E-state index contributed by atoms with van der Waals surface area (Å²) in [6, 6.07) is 0. The monoisotopic (exact) mass is 1050 g/mol. The normalized spacial score (nSPS) is 12.8. The van der Waals surface area contributed by atoms with Crippen molar-refractivity contribution in [2.45, 2.75) is 303 Å². The molecule has 0 amide bonds. The van der Waals surface area contributed by atoms with Crippen LogP contribution < -0.4 is 0 Å². The predicted molar refractivity (Wildman–Crippen MR) is 330 cm³/mol. The van der Waals surface area contributed by atoms with Gasteiger partial charge in [-0.2, -0.15) is 0 Å². The second-order valence-electron chi connectivity index (χ2n) is 20.9. The number of allylic oxidation sites excluding steroid dienone is 18. The van der Waals surface area contributed by atoms with Gasteiger partial charge >= 0.3 is 17.9 Å². The number of carbonyl (C=O) groups is 3. The summed E-state index contributed by atoms with van der Waals surface area (Å²) in [5, 5.41) is 0. The van der Waals surface area contributed by atoms with E-state index in [1.807, 2.05) is 0 Å². The van der Waals surface area contributed by atoms with Gasteiger partial charge in [0.15, 0.2) is 6.10 Å². The van der Waals surface area contributed by atoms with Crippen molar-refractivity contribution in [3.05, 3.63) is 109 Å². The first-order valence-electron chi connectivity index (χ1n) is 31.9. The summed E-state index contributed by atoms with van der Waals surface area (Å²) in [5.41, 5.74) is 0. The zero-order valence-corrected chi connectivity index (χ0v) is 49.7.